The second-order valence-electron chi connectivity index (χ2n) is 5.81. The van der Waals surface area contributed by atoms with Crippen molar-refractivity contribution in [2.24, 2.45) is 5.41 Å². The smallest absolute Gasteiger partial charge is 0.0477 e. The Morgan fingerprint density at radius 1 is 1.06 bits per heavy atom. The lowest BCUT2D eigenvalue weighted by atomic mass is 9.64. The van der Waals surface area contributed by atoms with E-state index < -0.39 is 0 Å². The van der Waals surface area contributed by atoms with Crippen LogP contribution < -0.4 is 0 Å². The average Bonchev–Trinajstić information content (AvgIpc) is 2.15. The van der Waals surface area contributed by atoms with E-state index in [4.69, 9.17) is 23.2 Å². The van der Waals surface area contributed by atoms with Gasteiger partial charge in [0, 0.05) is 10.9 Å². The van der Waals surface area contributed by atoms with Crippen LogP contribution in [0.1, 0.15) is 45.7 Å². The molecule has 0 saturated carbocycles. The van der Waals surface area contributed by atoms with Gasteiger partial charge in [0.05, 0.1) is 0 Å². The van der Waals surface area contributed by atoms with Crippen LogP contribution in [0.25, 0.3) is 0 Å². The fraction of sp³-hybridized carbons (Fsp3) is 0.571. The van der Waals surface area contributed by atoms with Crippen molar-refractivity contribution in [2.75, 3.05) is 0 Å². The summed E-state index contributed by atoms with van der Waals surface area (Å²) in [5.74, 6) is 0.509. The highest BCUT2D eigenvalue weighted by Gasteiger charge is 2.35. The first-order valence-corrected chi connectivity index (χ1v) is 6.46. The maximum atomic E-state index is 6.00. The Hall–Kier alpha value is -0.200. The van der Waals surface area contributed by atoms with Gasteiger partial charge in [0.2, 0.25) is 0 Å². The molecule has 0 unspecified atom stereocenters. The standard InChI is InChI=1S/C14H20Cl2/c1-13(2,3)14(4,5)12-7-6-11(16)8-10(12)9-15/h6-8H,9H2,1-5H3. The molecule has 16 heavy (non-hydrogen) atoms. The van der Waals surface area contributed by atoms with E-state index in [0.29, 0.717) is 5.88 Å². The topological polar surface area (TPSA) is 0 Å². The van der Waals surface area contributed by atoms with Crippen molar-refractivity contribution in [1.82, 2.24) is 0 Å². The molecular formula is C14H20Cl2. The maximum absolute atomic E-state index is 6.00. The number of halogens is 2. The molecule has 0 atom stereocenters. The Bertz CT molecular complexity index is 373. The minimum atomic E-state index is 0.0712. The lowest BCUT2D eigenvalue weighted by Gasteiger charge is -2.40. The molecular weight excluding hydrogens is 239 g/mol. The summed E-state index contributed by atoms with van der Waals surface area (Å²) >= 11 is 12.0. The first-order valence-electron chi connectivity index (χ1n) is 5.55. The fourth-order valence-corrected chi connectivity index (χ4v) is 2.10. The molecule has 1 aromatic carbocycles. The summed E-state index contributed by atoms with van der Waals surface area (Å²) in [6.07, 6.45) is 0. The van der Waals surface area contributed by atoms with E-state index in [9.17, 15) is 0 Å². The van der Waals surface area contributed by atoms with Gasteiger partial charge in [-0.15, -0.1) is 11.6 Å². The average molecular weight is 259 g/mol. The third-order valence-electron chi connectivity index (χ3n) is 3.76. The van der Waals surface area contributed by atoms with E-state index in [-0.39, 0.29) is 10.8 Å². The van der Waals surface area contributed by atoms with Gasteiger partial charge in [-0.2, -0.15) is 0 Å². The normalized spacial score (nSPS) is 12.9. The van der Waals surface area contributed by atoms with Crippen molar-refractivity contribution >= 4 is 23.2 Å². The molecule has 0 aromatic heterocycles. The van der Waals surface area contributed by atoms with Crippen LogP contribution in [0, 0.1) is 5.41 Å². The Morgan fingerprint density at radius 2 is 1.62 bits per heavy atom. The second kappa shape index (κ2) is 4.58. The van der Waals surface area contributed by atoms with Crippen LogP contribution in [0.2, 0.25) is 5.02 Å². The van der Waals surface area contributed by atoms with Gasteiger partial charge in [-0.25, -0.2) is 0 Å². The number of hydrogen-bond donors (Lipinski definition) is 0. The molecule has 1 rings (SSSR count). The maximum Gasteiger partial charge on any atom is 0.0477 e. The van der Waals surface area contributed by atoms with E-state index >= 15 is 0 Å². The van der Waals surface area contributed by atoms with Crippen molar-refractivity contribution < 1.29 is 0 Å². The van der Waals surface area contributed by atoms with E-state index in [0.717, 1.165) is 10.6 Å². The Kier molecular flexibility index (Phi) is 3.97. The van der Waals surface area contributed by atoms with Crippen molar-refractivity contribution in [2.45, 2.75) is 45.9 Å². The van der Waals surface area contributed by atoms with Crippen LogP contribution in [0.3, 0.4) is 0 Å². The van der Waals surface area contributed by atoms with Crippen LogP contribution in [-0.2, 0) is 11.3 Å². The summed E-state index contributed by atoms with van der Waals surface area (Å²) in [4.78, 5) is 0. The third kappa shape index (κ3) is 2.55. The second-order valence-corrected chi connectivity index (χ2v) is 6.51. The minimum Gasteiger partial charge on any atom is -0.122 e. The van der Waals surface area contributed by atoms with E-state index in [1.165, 1.54) is 5.56 Å². The highest BCUT2D eigenvalue weighted by atomic mass is 35.5. The summed E-state index contributed by atoms with van der Waals surface area (Å²) in [6, 6.07) is 6.02. The molecule has 0 aliphatic heterocycles. The van der Waals surface area contributed by atoms with E-state index in [2.05, 4.69) is 40.7 Å². The third-order valence-corrected chi connectivity index (χ3v) is 4.28. The number of alkyl halides is 1. The molecule has 0 nitrogen and oxygen atoms in total. The number of hydrogen-bond acceptors (Lipinski definition) is 0. The molecule has 0 N–H and O–H groups in total. The molecule has 0 bridgehead atoms. The molecule has 0 spiro atoms. The zero-order valence-electron chi connectivity index (χ0n) is 10.7. The van der Waals surface area contributed by atoms with Crippen molar-refractivity contribution in [3.8, 4) is 0 Å². The van der Waals surface area contributed by atoms with Crippen molar-refractivity contribution in [1.29, 1.82) is 0 Å². The quantitative estimate of drug-likeness (QED) is 0.623. The van der Waals surface area contributed by atoms with Gasteiger partial charge in [-0.05, 0) is 34.1 Å². The van der Waals surface area contributed by atoms with Gasteiger partial charge < -0.3 is 0 Å². The molecule has 0 saturated heterocycles. The zero-order chi connectivity index (χ0) is 12.6. The Balaban J connectivity index is 3.33. The number of rotatable bonds is 2. The number of benzene rings is 1. The van der Waals surface area contributed by atoms with Gasteiger partial charge >= 0.3 is 0 Å². The first kappa shape index (κ1) is 13.9. The summed E-state index contributed by atoms with van der Waals surface area (Å²) < 4.78 is 0. The zero-order valence-corrected chi connectivity index (χ0v) is 12.2. The largest absolute Gasteiger partial charge is 0.122 e. The summed E-state index contributed by atoms with van der Waals surface area (Å²) in [6.45, 7) is 11.3. The minimum absolute atomic E-state index is 0.0712. The SMILES string of the molecule is CC(C)(C)C(C)(C)c1ccc(Cl)cc1CCl. The Labute approximate surface area is 109 Å². The lowest BCUT2D eigenvalue weighted by Crippen LogP contribution is -2.34. The highest BCUT2D eigenvalue weighted by Crippen LogP contribution is 2.42. The van der Waals surface area contributed by atoms with Gasteiger partial charge in [0.15, 0.2) is 0 Å². The monoisotopic (exact) mass is 258 g/mol. The van der Waals surface area contributed by atoms with Crippen LogP contribution >= 0.6 is 23.2 Å². The van der Waals surface area contributed by atoms with Gasteiger partial charge in [0.1, 0.15) is 0 Å². The molecule has 0 heterocycles. The highest BCUT2D eigenvalue weighted by molar-refractivity contribution is 6.30. The molecule has 0 fully saturated rings. The van der Waals surface area contributed by atoms with Gasteiger partial charge in [-0.1, -0.05) is 52.3 Å². The predicted molar refractivity (Wildman–Crippen MR) is 73.5 cm³/mol. The molecule has 0 amide bonds. The molecule has 0 aliphatic rings. The predicted octanol–water partition coefficient (Wildman–Crippen LogP) is 5.40. The van der Waals surface area contributed by atoms with Crippen molar-refractivity contribution in [3.05, 3.63) is 34.3 Å². The summed E-state index contributed by atoms with van der Waals surface area (Å²) in [7, 11) is 0. The molecule has 1 aromatic rings. The van der Waals surface area contributed by atoms with E-state index in [1.807, 2.05) is 12.1 Å². The molecule has 2 heteroatoms. The van der Waals surface area contributed by atoms with E-state index in [1.54, 1.807) is 0 Å². The summed E-state index contributed by atoms with van der Waals surface area (Å²) in [5.41, 5.74) is 2.68. The molecule has 0 aliphatic carbocycles. The van der Waals surface area contributed by atoms with Gasteiger partial charge in [0.25, 0.3) is 0 Å². The van der Waals surface area contributed by atoms with Crippen LogP contribution in [-0.4, -0.2) is 0 Å². The first-order chi connectivity index (χ1) is 7.20. The van der Waals surface area contributed by atoms with Gasteiger partial charge in [-0.3, -0.25) is 0 Å². The molecule has 90 valence electrons. The summed E-state index contributed by atoms with van der Waals surface area (Å²) in [5, 5.41) is 0.754. The van der Waals surface area contributed by atoms with Crippen LogP contribution in [0.4, 0.5) is 0 Å². The lowest BCUT2D eigenvalue weighted by molar-refractivity contribution is 0.224. The fourth-order valence-electron chi connectivity index (χ4n) is 1.69. The van der Waals surface area contributed by atoms with Crippen LogP contribution in [0.15, 0.2) is 18.2 Å². The van der Waals surface area contributed by atoms with Crippen molar-refractivity contribution in [3.63, 3.8) is 0 Å². The Morgan fingerprint density at radius 3 is 2.06 bits per heavy atom. The molecule has 0 radical (unpaired) electrons. The van der Waals surface area contributed by atoms with Crippen LogP contribution in [0.5, 0.6) is 0 Å².